The van der Waals surface area contributed by atoms with Crippen LogP contribution in [0.5, 0.6) is 0 Å². The molecule has 2 N–H and O–H groups in total. The van der Waals surface area contributed by atoms with Gasteiger partial charge in [-0.3, -0.25) is 4.79 Å². The maximum atomic E-state index is 12.0. The summed E-state index contributed by atoms with van der Waals surface area (Å²) in [4.78, 5) is 16.1. The molecule has 24 heavy (non-hydrogen) atoms. The summed E-state index contributed by atoms with van der Waals surface area (Å²) in [6.07, 6.45) is 4.13. The summed E-state index contributed by atoms with van der Waals surface area (Å²) in [5, 5.41) is 15.9. The molecule has 5 nitrogen and oxygen atoms in total. The molecular weight excluding hydrogens is 302 g/mol. The standard InChI is InChI=1S/C19H19N3O2/c1-2-21-18(23)15-4-3-14-10-16(6-5-13(14)9-15)19(24)7-8-22-12-20-11-17(19)22/h3-6,9-12,24H,2,7-8H2,1H3,(H,21,23)/t19-/m0/s1. The number of nitrogens with one attached hydrogen (secondary N) is 1. The van der Waals surface area contributed by atoms with E-state index in [-0.39, 0.29) is 5.91 Å². The highest BCUT2D eigenvalue weighted by Gasteiger charge is 2.39. The van der Waals surface area contributed by atoms with E-state index in [4.69, 9.17) is 0 Å². The first kappa shape index (κ1) is 14.9. The fraction of sp³-hybridized carbons (Fsp3) is 0.263. The average molecular weight is 321 g/mol. The van der Waals surface area contributed by atoms with E-state index in [1.54, 1.807) is 12.5 Å². The van der Waals surface area contributed by atoms with Gasteiger partial charge in [-0.15, -0.1) is 0 Å². The van der Waals surface area contributed by atoms with Crippen LogP contribution in [0, 0.1) is 0 Å². The van der Waals surface area contributed by atoms with Crippen molar-refractivity contribution in [2.24, 2.45) is 0 Å². The van der Waals surface area contributed by atoms with Gasteiger partial charge in [-0.2, -0.15) is 0 Å². The highest BCUT2D eigenvalue weighted by atomic mass is 16.3. The molecule has 1 atom stereocenters. The number of aromatic nitrogens is 2. The summed E-state index contributed by atoms with van der Waals surface area (Å²) < 4.78 is 1.99. The molecule has 3 aromatic rings. The van der Waals surface area contributed by atoms with Crippen molar-refractivity contribution in [3.63, 3.8) is 0 Å². The van der Waals surface area contributed by atoms with Gasteiger partial charge in [0.05, 0.1) is 18.2 Å². The van der Waals surface area contributed by atoms with E-state index in [9.17, 15) is 9.90 Å². The van der Waals surface area contributed by atoms with E-state index >= 15 is 0 Å². The van der Waals surface area contributed by atoms with Crippen molar-refractivity contribution in [2.75, 3.05) is 6.54 Å². The third-order valence-electron chi connectivity index (χ3n) is 4.77. The molecule has 122 valence electrons. The number of hydrogen-bond acceptors (Lipinski definition) is 3. The molecule has 0 aliphatic carbocycles. The van der Waals surface area contributed by atoms with Crippen LogP contribution in [-0.4, -0.2) is 27.1 Å². The van der Waals surface area contributed by atoms with Gasteiger partial charge in [0.2, 0.25) is 0 Å². The lowest BCUT2D eigenvalue weighted by Crippen LogP contribution is -2.24. The molecule has 1 aliphatic rings. The van der Waals surface area contributed by atoms with Crippen molar-refractivity contribution in [3.8, 4) is 0 Å². The predicted octanol–water partition coefficient (Wildman–Crippen LogP) is 2.43. The minimum atomic E-state index is -0.997. The summed E-state index contributed by atoms with van der Waals surface area (Å²) in [6, 6.07) is 11.5. The zero-order chi connectivity index (χ0) is 16.7. The summed E-state index contributed by atoms with van der Waals surface area (Å²) >= 11 is 0. The van der Waals surface area contributed by atoms with Crippen molar-refractivity contribution >= 4 is 16.7 Å². The lowest BCUT2D eigenvalue weighted by Gasteiger charge is -2.23. The van der Waals surface area contributed by atoms with Gasteiger partial charge in [0.25, 0.3) is 5.91 Å². The Balaban J connectivity index is 1.75. The molecule has 0 fully saturated rings. The molecular formula is C19H19N3O2. The lowest BCUT2D eigenvalue weighted by molar-refractivity contribution is 0.0826. The van der Waals surface area contributed by atoms with Crippen LogP contribution in [-0.2, 0) is 12.1 Å². The molecule has 2 aromatic carbocycles. The SMILES string of the molecule is CCNC(=O)c1ccc2cc([C@@]3(O)CCn4cncc43)ccc2c1. The molecule has 0 saturated heterocycles. The Morgan fingerprint density at radius 1 is 1.29 bits per heavy atom. The topological polar surface area (TPSA) is 67.2 Å². The third kappa shape index (κ3) is 2.20. The van der Waals surface area contributed by atoms with E-state index in [1.807, 2.05) is 47.9 Å². The molecule has 0 saturated carbocycles. The van der Waals surface area contributed by atoms with Gasteiger partial charge < -0.3 is 15.0 Å². The number of aryl methyl sites for hydroxylation is 1. The molecule has 4 rings (SSSR count). The molecule has 0 spiro atoms. The summed E-state index contributed by atoms with van der Waals surface area (Å²) in [5.74, 6) is -0.0678. The van der Waals surface area contributed by atoms with Crippen LogP contribution in [0.4, 0.5) is 0 Å². The second-order valence-corrected chi connectivity index (χ2v) is 6.22. The summed E-state index contributed by atoms with van der Waals surface area (Å²) in [7, 11) is 0. The number of carbonyl (C=O) groups excluding carboxylic acids is 1. The van der Waals surface area contributed by atoms with Crippen molar-refractivity contribution in [1.29, 1.82) is 0 Å². The van der Waals surface area contributed by atoms with Crippen LogP contribution in [0.2, 0.25) is 0 Å². The Bertz CT molecular complexity index is 931. The quantitative estimate of drug-likeness (QED) is 0.778. The van der Waals surface area contributed by atoms with E-state index in [0.717, 1.165) is 28.6 Å². The Hall–Kier alpha value is -2.66. The van der Waals surface area contributed by atoms with Crippen LogP contribution in [0.3, 0.4) is 0 Å². The first-order valence-corrected chi connectivity index (χ1v) is 8.17. The Morgan fingerprint density at radius 3 is 2.92 bits per heavy atom. The van der Waals surface area contributed by atoms with Gasteiger partial charge in [0, 0.05) is 25.1 Å². The molecule has 1 amide bonds. The van der Waals surface area contributed by atoms with E-state index in [1.165, 1.54) is 0 Å². The van der Waals surface area contributed by atoms with Crippen molar-refractivity contribution in [1.82, 2.24) is 14.9 Å². The number of carbonyl (C=O) groups is 1. The zero-order valence-corrected chi connectivity index (χ0v) is 13.5. The summed E-state index contributed by atoms with van der Waals surface area (Å²) in [6.45, 7) is 3.27. The minimum Gasteiger partial charge on any atom is -0.379 e. The Morgan fingerprint density at radius 2 is 2.08 bits per heavy atom. The minimum absolute atomic E-state index is 0.0678. The van der Waals surface area contributed by atoms with Crippen molar-refractivity contribution in [2.45, 2.75) is 25.5 Å². The lowest BCUT2D eigenvalue weighted by atomic mass is 9.88. The van der Waals surface area contributed by atoms with Crippen LogP contribution in [0.25, 0.3) is 10.8 Å². The molecule has 2 heterocycles. The number of nitrogens with zero attached hydrogens (tertiary/aromatic N) is 2. The zero-order valence-electron chi connectivity index (χ0n) is 13.5. The Labute approximate surface area is 139 Å². The van der Waals surface area contributed by atoms with Crippen molar-refractivity contribution < 1.29 is 9.90 Å². The van der Waals surface area contributed by atoms with Gasteiger partial charge in [0.1, 0.15) is 5.60 Å². The van der Waals surface area contributed by atoms with E-state index in [2.05, 4.69) is 10.3 Å². The number of hydrogen-bond donors (Lipinski definition) is 2. The molecule has 5 heteroatoms. The first-order chi connectivity index (χ1) is 11.6. The normalized spacial score (nSPS) is 19.4. The van der Waals surface area contributed by atoms with E-state index in [0.29, 0.717) is 18.5 Å². The molecule has 1 aromatic heterocycles. The van der Waals surface area contributed by atoms with Gasteiger partial charge in [0.15, 0.2) is 0 Å². The second-order valence-electron chi connectivity index (χ2n) is 6.22. The predicted molar refractivity (Wildman–Crippen MR) is 91.8 cm³/mol. The first-order valence-electron chi connectivity index (χ1n) is 8.17. The van der Waals surface area contributed by atoms with Crippen LogP contribution in [0.15, 0.2) is 48.9 Å². The number of benzene rings is 2. The number of imidazole rings is 1. The van der Waals surface area contributed by atoms with Crippen LogP contribution in [0.1, 0.15) is 35.0 Å². The molecule has 1 aliphatic heterocycles. The monoisotopic (exact) mass is 321 g/mol. The van der Waals surface area contributed by atoms with Gasteiger partial charge in [-0.25, -0.2) is 4.98 Å². The van der Waals surface area contributed by atoms with Crippen LogP contribution < -0.4 is 5.32 Å². The largest absolute Gasteiger partial charge is 0.379 e. The fourth-order valence-corrected chi connectivity index (χ4v) is 3.45. The average Bonchev–Trinajstić information content (AvgIpc) is 3.19. The third-order valence-corrected chi connectivity index (χ3v) is 4.77. The fourth-order valence-electron chi connectivity index (χ4n) is 3.45. The van der Waals surface area contributed by atoms with Gasteiger partial charge >= 0.3 is 0 Å². The maximum Gasteiger partial charge on any atom is 0.251 e. The van der Waals surface area contributed by atoms with Crippen LogP contribution >= 0.6 is 0 Å². The summed E-state index contributed by atoms with van der Waals surface area (Å²) in [5.41, 5.74) is 1.35. The maximum absolute atomic E-state index is 12.0. The highest BCUT2D eigenvalue weighted by Crippen LogP contribution is 2.39. The number of fused-ring (bicyclic) bond motifs is 2. The molecule has 0 unspecified atom stereocenters. The second kappa shape index (κ2) is 5.46. The number of rotatable bonds is 3. The van der Waals surface area contributed by atoms with E-state index < -0.39 is 5.60 Å². The highest BCUT2D eigenvalue weighted by molar-refractivity contribution is 5.98. The van der Waals surface area contributed by atoms with Gasteiger partial charge in [-0.1, -0.05) is 18.2 Å². The number of aliphatic hydroxyl groups is 1. The number of amides is 1. The Kier molecular flexibility index (Phi) is 3.39. The molecule has 0 radical (unpaired) electrons. The smallest absolute Gasteiger partial charge is 0.251 e. The molecule has 0 bridgehead atoms. The van der Waals surface area contributed by atoms with Gasteiger partial charge in [-0.05, 0) is 41.5 Å². The van der Waals surface area contributed by atoms with Crippen molar-refractivity contribution in [3.05, 3.63) is 65.7 Å².